The Hall–Kier alpha value is -0.810. The summed E-state index contributed by atoms with van der Waals surface area (Å²) in [4.78, 5) is 2.13. The highest BCUT2D eigenvalue weighted by Crippen LogP contribution is 2.36. The minimum absolute atomic E-state index is 0. The van der Waals surface area contributed by atoms with Crippen molar-refractivity contribution in [2.75, 3.05) is 40.8 Å². The number of piperidine rings is 1. The number of ether oxygens (including phenoxy) is 1. The van der Waals surface area contributed by atoms with Gasteiger partial charge >= 0.3 is 0 Å². The number of nitrogens with zero attached hydrogens (tertiary/aromatic N) is 1. The standard InChI is InChI=1S/C15H24N2O2.ClH/c1-17(2)11-13-10-16-8-7-15(13,18)12-5-4-6-14(9-12)19-3;/h4-6,9,13,16,18H,7-8,10-11H2,1-3H3;1H. The fourth-order valence-corrected chi connectivity index (χ4v) is 2.86. The van der Waals surface area contributed by atoms with Crippen LogP contribution in [0, 0.1) is 5.92 Å². The molecule has 0 saturated carbocycles. The van der Waals surface area contributed by atoms with Gasteiger partial charge in [0.05, 0.1) is 12.7 Å². The lowest BCUT2D eigenvalue weighted by atomic mass is 9.76. The van der Waals surface area contributed by atoms with Gasteiger partial charge in [0.2, 0.25) is 0 Å². The topological polar surface area (TPSA) is 44.7 Å². The summed E-state index contributed by atoms with van der Waals surface area (Å²) in [6.07, 6.45) is 0.735. The SMILES string of the molecule is COc1cccc(C2(O)CCNCC2CN(C)C)c1.Cl. The molecule has 0 spiro atoms. The summed E-state index contributed by atoms with van der Waals surface area (Å²) in [7, 11) is 5.74. The maximum absolute atomic E-state index is 11.1. The molecule has 0 aromatic heterocycles. The van der Waals surface area contributed by atoms with Gasteiger partial charge in [-0.05, 0) is 44.8 Å². The van der Waals surface area contributed by atoms with Crippen molar-refractivity contribution in [1.29, 1.82) is 0 Å². The van der Waals surface area contributed by atoms with Crippen molar-refractivity contribution in [3.05, 3.63) is 29.8 Å². The van der Waals surface area contributed by atoms with E-state index in [9.17, 15) is 5.11 Å². The third kappa shape index (κ3) is 3.64. The molecule has 1 fully saturated rings. The van der Waals surface area contributed by atoms with Gasteiger partial charge < -0.3 is 20.1 Å². The minimum Gasteiger partial charge on any atom is -0.497 e. The molecule has 2 atom stereocenters. The van der Waals surface area contributed by atoms with Gasteiger partial charge in [0.25, 0.3) is 0 Å². The number of methoxy groups -OCH3 is 1. The van der Waals surface area contributed by atoms with Crippen LogP contribution in [0.3, 0.4) is 0 Å². The van der Waals surface area contributed by atoms with Crippen LogP contribution in [-0.4, -0.2) is 50.8 Å². The van der Waals surface area contributed by atoms with Crippen molar-refractivity contribution in [2.45, 2.75) is 12.0 Å². The normalized spacial score (nSPS) is 26.1. The largest absolute Gasteiger partial charge is 0.497 e. The van der Waals surface area contributed by atoms with E-state index in [2.05, 4.69) is 10.2 Å². The molecule has 1 aromatic carbocycles. The van der Waals surface area contributed by atoms with Gasteiger partial charge in [-0.1, -0.05) is 12.1 Å². The molecule has 2 N–H and O–H groups in total. The maximum atomic E-state index is 11.1. The van der Waals surface area contributed by atoms with Crippen molar-refractivity contribution in [1.82, 2.24) is 10.2 Å². The molecule has 1 aromatic rings. The smallest absolute Gasteiger partial charge is 0.119 e. The Labute approximate surface area is 127 Å². The molecule has 1 aliphatic rings. The first-order valence-corrected chi connectivity index (χ1v) is 6.78. The van der Waals surface area contributed by atoms with Crippen LogP contribution in [0.1, 0.15) is 12.0 Å². The molecule has 0 radical (unpaired) electrons. The van der Waals surface area contributed by atoms with Crippen LogP contribution < -0.4 is 10.1 Å². The molecule has 20 heavy (non-hydrogen) atoms. The molecule has 1 saturated heterocycles. The number of hydrogen-bond acceptors (Lipinski definition) is 4. The van der Waals surface area contributed by atoms with E-state index in [1.54, 1.807) is 7.11 Å². The van der Waals surface area contributed by atoms with Crippen molar-refractivity contribution in [3.63, 3.8) is 0 Å². The summed E-state index contributed by atoms with van der Waals surface area (Å²) in [5, 5.41) is 14.5. The Kier molecular flexibility index (Phi) is 6.27. The van der Waals surface area contributed by atoms with Gasteiger partial charge in [0, 0.05) is 19.0 Å². The van der Waals surface area contributed by atoms with Gasteiger partial charge in [-0.15, -0.1) is 12.4 Å². The molecule has 0 bridgehead atoms. The number of rotatable bonds is 4. The minimum atomic E-state index is -0.774. The highest BCUT2D eigenvalue weighted by atomic mass is 35.5. The summed E-state index contributed by atoms with van der Waals surface area (Å²) in [6, 6.07) is 7.81. The number of benzene rings is 1. The molecule has 5 heteroatoms. The van der Waals surface area contributed by atoms with E-state index in [0.29, 0.717) is 0 Å². The summed E-state index contributed by atoms with van der Waals surface area (Å²) < 4.78 is 5.27. The molecule has 2 unspecified atom stereocenters. The molecule has 4 nitrogen and oxygen atoms in total. The van der Waals surface area contributed by atoms with Crippen molar-refractivity contribution in [3.8, 4) is 5.75 Å². The van der Waals surface area contributed by atoms with Crippen molar-refractivity contribution < 1.29 is 9.84 Å². The van der Waals surface area contributed by atoms with E-state index in [1.165, 1.54) is 0 Å². The average Bonchev–Trinajstić information content (AvgIpc) is 2.41. The molecule has 114 valence electrons. The number of aliphatic hydroxyl groups is 1. The Balaban J connectivity index is 0.00000200. The predicted octanol–water partition coefficient (Wildman–Crippen LogP) is 1.48. The number of nitrogens with one attached hydrogen (secondary N) is 1. The Morgan fingerprint density at radius 3 is 2.85 bits per heavy atom. The Morgan fingerprint density at radius 1 is 1.45 bits per heavy atom. The molecule has 0 aliphatic carbocycles. The van der Waals surface area contributed by atoms with Crippen LogP contribution in [0.25, 0.3) is 0 Å². The van der Waals surface area contributed by atoms with Gasteiger partial charge in [0.1, 0.15) is 5.75 Å². The van der Waals surface area contributed by atoms with Gasteiger partial charge in [0.15, 0.2) is 0 Å². The van der Waals surface area contributed by atoms with E-state index in [1.807, 2.05) is 38.4 Å². The van der Waals surface area contributed by atoms with Crippen molar-refractivity contribution in [2.24, 2.45) is 5.92 Å². The van der Waals surface area contributed by atoms with Crippen LogP contribution in [0.2, 0.25) is 0 Å². The zero-order chi connectivity index (χ0) is 13.9. The van der Waals surface area contributed by atoms with Crippen LogP contribution in [-0.2, 0) is 5.60 Å². The zero-order valence-corrected chi connectivity index (χ0v) is 13.2. The maximum Gasteiger partial charge on any atom is 0.119 e. The van der Waals surface area contributed by atoms with E-state index in [4.69, 9.17) is 4.74 Å². The second-order valence-electron chi connectivity index (χ2n) is 5.57. The fourth-order valence-electron chi connectivity index (χ4n) is 2.86. The highest BCUT2D eigenvalue weighted by molar-refractivity contribution is 5.85. The lowest BCUT2D eigenvalue weighted by Crippen LogP contribution is -2.51. The van der Waals surface area contributed by atoms with Crippen LogP contribution in [0.4, 0.5) is 0 Å². The molecule has 1 heterocycles. The highest BCUT2D eigenvalue weighted by Gasteiger charge is 2.40. The van der Waals surface area contributed by atoms with E-state index >= 15 is 0 Å². The summed E-state index contributed by atoms with van der Waals surface area (Å²) in [6.45, 7) is 2.55. The van der Waals surface area contributed by atoms with E-state index in [0.717, 1.165) is 37.4 Å². The van der Waals surface area contributed by atoms with E-state index < -0.39 is 5.60 Å². The third-order valence-corrected chi connectivity index (χ3v) is 3.90. The molecule has 1 aliphatic heterocycles. The number of halogens is 1. The molecule has 2 rings (SSSR count). The fraction of sp³-hybridized carbons (Fsp3) is 0.600. The first kappa shape index (κ1) is 17.2. The lowest BCUT2D eigenvalue weighted by Gasteiger charge is -2.42. The molecule has 0 amide bonds. The second kappa shape index (κ2) is 7.27. The van der Waals surface area contributed by atoms with Crippen LogP contribution >= 0.6 is 12.4 Å². The van der Waals surface area contributed by atoms with E-state index in [-0.39, 0.29) is 18.3 Å². The first-order valence-electron chi connectivity index (χ1n) is 6.78. The Bertz CT molecular complexity index is 428. The summed E-state index contributed by atoms with van der Waals surface area (Å²) in [5.74, 6) is 0.983. The zero-order valence-electron chi connectivity index (χ0n) is 12.4. The van der Waals surface area contributed by atoms with Crippen LogP contribution in [0.5, 0.6) is 5.75 Å². The number of hydrogen-bond donors (Lipinski definition) is 2. The Morgan fingerprint density at radius 2 is 2.20 bits per heavy atom. The second-order valence-corrected chi connectivity index (χ2v) is 5.57. The first-order chi connectivity index (χ1) is 9.06. The molecular formula is C15H25ClN2O2. The van der Waals surface area contributed by atoms with Crippen molar-refractivity contribution >= 4 is 12.4 Å². The predicted molar refractivity (Wildman–Crippen MR) is 83.7 cm³/mol. The van der Waals surface area contributed by atoms with Gasteiger partial charge in [-0.3, -0.25) is 0 Å². The third-order valence-electron chi connectivity index (χ3n) is 3.90. The average molecular weight is 301 g/mol. The summed E-state index contributed by atoms with van der Waals surface area (Å²) >= 11 is 0. The molecular weight excluding hydrogens is 276 g/mol. The lowest BCUT2D eigenvalue weighted by molar-refractivity contribution is -0.0541. The summed E-state index contributed by atoms with van der Waals surface area (Å²) in [5.41, 5.74) is 0.185. The van der Waals surface area contributed by atoms with Gasteiger partial charge in [-0.25, -0.2) is 0 Å². The quantitative estimate of drug-likeness (QED) is 0.884. The monoisotopic (exact) mass is 300 g/mol. The van der Waals surface area contributed by atoms with Gasteiger partial charge in [-0.2, -0.15) is 0 Å². The van der Waals surface area contributed by atoms with Crippen LogP contribution in [0.15, 0.2) is 24.3 Å².